The first-order chi connectivity index (χ1) is 9.40. The summed E-state index contributed by atoms with van der Waals surface area (Å²) in [6.45, 7) is 7.88. The Morgan fingerprint density at radius 1 is 0.950 bits per heavy atom. The van der Waals surface area contributed by atoms with Gasteiger partial charge in [0.2, 0.25) is 0 Å². The maximum absolute atomic E-state index is 12.4. The van der Waals surface area contributed by atoms with Crippen molar-refractivity contribution in [2.45, 2.75) is 27.7 Å². The maximum Gasteiger partial charge on any atom is 0.256 e. The lowest BCUT2D eigenvalue weighted by Crippen LogP contribution is -2.16. The molecule has 0 aliphatic rings. The van der Waals surface area contributed by atoms with Gasteiger partial charge < -0.3 is 11.1 Å². The molecule has 0 fully saturated rings. The van der Waals surface area contributed by atoms with E-state index in [0.29, 0.717) is 16.9 Å². The van der Waals surface area contributed by atoms with Crippen molar-refractivity contribution in [1.82, 2.24) is 0 Å². The van der Waals surface area contributed by atoms with Gasteiger partial charge in [0.15, 0.2) is 0 Å². The van der Waals surface area contributed by atoms with Crippen LogP contribution in [0.15, 0.2) is 30.3 Å². The molecule has 0 aliphatic carbocycles. The molecule has 3 nitrogen and oxygen atoms in total. The Balaban J connectivity index is 2.35. The molecule has 0 saturated heterocycles. The number of nitrogen functional groups attached to an aromatic ring is 1. The van der Waals surface area contributed by atoms with Gasteiger partial charge in [0.1, 0.15) is 0 Å². The fraction of sp³-hybridized carbons (Fsp3) is 0.235. The summed E-state index contributed by atoms with van der Waals surface area (Å²) in [5.74, 6) is -0.115. The molecule has 0 unspecified atom stereocenters. The van der Waals surface area contributed by atoms with Gasteiger partial charge in [-0.1, -0.05) is 18.2 Å². The monoisotopic (exact) mass is 268 g/mol. The van der Waals surface area contributed by atoms with Crippen LogP contribution in [0.2, 0.25) is 0 Å². The minimum atomic E-state index is -0.115. The molecule has 20 heavy (non-hydrogen) atoms. The van der Waals surface area contributed by atoms with Crippen LogP contribution in [0, 0.1) is 27.7 Å². The molecule has 0 saturated carbocycles. The fourth-order valence-electron chi connectivity index (χ4n) is 2.30. The number of hydrogen-bond acceptors (Lipinski definition) is 2. The Kier molecular flexibility index (Phi) is 3.79. The summed E-state index contributed by atoms with van der Waals surface area (Å²) in [7, 11) is 0. The molecular weight excluding hydrogens is 248 g/mol. The Bertz CT molecular complexity index is 655. The van der Waals surface area contributed by atoms with E-state index in [-0.39, 0.29) is 5.91 Å². The van der Waals surface area contributed by atoms with Crippen molar-refractivity contribution in [2.75, 3.05) is 11.1 Å². The third-order valence-electron chi connectivity index (χ3n) is 3.62. The van der Waals surface area contributed by atoms with Gasteiger partial charge in [-0.15, -0.1) is 0 Å². The lowest BCUT2D eigenvalue weighted by atomic mass is 10.0. The zero-order valence-corrected chi connectivity index (χ0v) is 12.4. The molecule has 0 aliphatic heterocycles. The summed E-state index contributed by atoms with van der Waals surface area (Å²) < 4.78 is 0. The van der Waals surface area contributed by atoms with Gasteiger partial charge >= 0.3 is 0 Å². The van der Waals surface area contributed by atoms with Crippen LogP contribution in [0.5, 0.6) is 0 Å². The molecular formula is C17H20N2O. The van der Waals surface area contributed by atoms with Crippen LogP contribution >= 0.6 is 0 Å². The largest absolute Gasteiger partial charge is 0.397 e. The number of carbonyl (C=O) groups excluding carboxylic acids is 1. The zero-order chi connectivity index (χ0) is 14.9. The second-order valence-electron chi connectivity index (χ2n) is 5.24. The molecule has 0 atom stereocenters. The summed E-state index contributed by atoms with van der Waals surface area (Å²) in [5, 5.41) is 2.91. The molecule has 0 radical (unpaired) electrons. The van der Waals surface area contributed by atoms with Crippen molar-refractivity contribution in [1.29, 1.82) is 0 Å². The van der Waals surface area contributed by atoms with Gasteiger partial charge in [0.25, 0.3) is 5.91 Å². The Morgan fingerprint density at radius 3 is 2.10 bits per heavy atom. The summed E-state index contributed by atoms with van der Waals surface area (Å²) in [6, 6.07) is 9.62. The van der Waals surface area contributed by atoms with Crippen molar-refractivity contribution < 1.29 is 4.79 Å². The number of nitrogens with two attached hydrogens (primary N) is 1. The Morgan fingerprint density at radius 2 is 1.50 bits per heavy atom. The number of aryl methyl sites for hydroxylation is 4. The van der Waals surface area contributed by atoms with E-state index in [4.69, 9.17) is 5.73 Å². The molecule has 2 aromatic carbocycles. The van der Waals surface area contributed by atoms with Crippen LogP contribution in [0.3, 0.4) is 0 Å². The maximum atomic E-state index is 12.4. The molecule has 3 heteroatoms. The minimum Gasteiger partial charge on any atom is -0.397 e. The Hall–Kier alpha value is -2.29. The Labute approximate surface area is 119 Å². The lowest BCUT2D eigenvalue weighted by Gasteiger charge is -2.13. The lowest BCUT2D eigenvalue weighted by molar-refractivity contribution is 0.102. The predicted molar refractivity (Wildman–Crippen MR) is 84.2 cm³/mol. The summed E-state index contributed by atoms with van der Waals surface area (Å²) in [6.07, 6.45) is 0. The molecule has 2 rings (SSSR count). The van der Waals surface area contributed by atoms with Crippen LogP contribution in [-0.2, 0) is 0 Å². The van der Waals surface area contributed by atoms with Gasteiger partial charge in [-0.05, 0) is 62.1 Å². The number of carbonyl (C=O) groups is 1. The topological polar surface area (TPSA) is 55.1 Å². The van der Waals surface area contributed by atoms with Crippen LogP contribution in [-0.4, -0.2) is 5.91 Å². The van der Waals surface area contributed by atoms with E-state index in [1.807, 2.05) is 58.0 Å². The van der Waals surface area contributed by atoms with E-state index in [1.54, 1.807) is 0 Å². The van der Waals surface area contributed by atoms with Crippen molar-refractivity contribution in [3.8, 4) is 0 Å². The highest BCUT2D eigenvalue weighted by atomic mass is 16.1. The van der Waals surface area contributed by atoms with Crippen molar-refractivity contribution in [3.63, 3.8) is 0 Å². The predicted octanol–water partition coefficient (Wildman–Crippen LogP) is 3.75. The standard InChI is InChI=1S/C17H20N2O/c1-10-6-5-7-11(2)16(10)17(20)19-15-9-13(4)12(3)8-14(15)18/h5-9H,18H2,1-4H3,(H,19,20). The molecule has 0 heterocycles. The van der Waals surface area contributed by atoms with E-state index in [2.05, 4.69) is 5.32 Å². The first-order valence-corrected chi connectivity index (χ1v) is 6.64. The van der Waals surface area contributed by atoms with Gasteiger partial charge in [0.05, 0.1) is 11.4 Å². The highest BCUT2D eigenvalue weighted by molar-refractivity contribution is 6.07. The first-order valence-electron chi connectivity index (χ1n) is 6.64. The number of benzene rings is 2. The van der Waals surface area contributed by atoms with Gasteiger partial charge in [0, 0.05) is 5.56 Å². The smallest absolute Gasteiger partial charge is 0.256 e. The second-order valence-corrected chi connectivity index (χ2v) is 5.24. The van der Waals surface area contributed by atoms with E-state index >= 15 is 0 Å². The highest BCUT2D eigenvalue weighted by Crippen LogP contribution is 2.24. The molecule has 0 bridgehead atoms. The quantitative estimate of drug-likeness (QED) is 0.815. The van der Waals surface area contributed by atoms with Crippen molar-refractivity contribution in [2.24, 2.45) is 0 Å². The van der Waals surface area contributed by atoms with Crippen LogP contribution in [0.1, 0.15) is 32.6 Å². The van der Waals surface area contributed by atoms with Crippen LogP contribution in [0.4, 0.5) is 11.4 Å². The van der Waals surface area contributed by atoms with E-state index < -0.39 is 0 Å². The fourth-order valence-corrected chi connectivity index (χ4v) is 2.30. The summed E-state index contributed by atoms with van der Waals surface area (Å²) >= 11 is 0. The minimum absolute atomic E-state index is 0.115. The number of amides is 1. The SMILES string of the molecule is Cc1cc(N)c(NC(=O)c2c(C)cccc2C)cc1C. The van der Waals surface area contributed by atoms with E-state index in [0.717, 1.165) is 22.3 Å². The molecule has 2 aromatic rings. The van der Waals surface area contributed by atoms with Gasteiger partial charge in [-0.2, -0.15) is 0 Å². The normalized spacial score (nSPS) is 10.4. The number of rotatable bonds is 2. The molecule has 0 aromatic heterocycles. The van der Waals surface area contributed by atoms with Gasteiger partial charge in [-0.25, -0.2) is 0 Å². The van der Waals surface area contributed by atoms with Crippen LogP contribution < -0.4 is 11.1 Å². The van der Waals surface area contributed by atoms with Gasteiger partial charge in [-0.3, -0.25) is 4.79 Å². The van der Waals surface area contributed by atoms with Crippen LogP contribution in [0.25, 0.3) is 0 Å². The number of anilines is 2. The number of hydrogen-bond donors (Lipinski definition) is 2. The zero-order valence-electron chi connectivity index (χ0n) is 12.4. The summed E-state index contributed by atoms with van der Waals surface area (Å²) in [4.78, 5) is 12.4. The third-order valence-corrected chi connectivity index (χ3v) is 3.62. The molecule has 0 spiro atoms. The van der Waals surface area contributed by atoms with Crippen molar-refractivity contribution >= 4 is 17.3 Å². The summed E-state index contributed by atoms with van der Waals surface area (Å²) in [5.41, 5.74) is 12.1. The average molecular weight is 268 g/mol. The number of nitrogens with one attached hydrogen (secondary N) is 1. The molecule has 3 N–H and O–H groups in total. The second kappa shape index (κ2) is 5.37. The van der Waals surface area contributed by atoms with E-state index in [9.17, 15) is 4.79 Å². The molecule has 1 amide bonds. The molecule has 104 valence electrons. The van der Waals surface area contributed by atoms with Crippen molar-refractivity contribution in [3.05, 3.63) is 58.1 Å². The third kappa shape index (κ3) is 2.67. The highest BCUT2D eigenvalue weighted by Gasteiger charge is 2.13. The van der Waals surface area contributed by atoms with E-state index in [1.165, 1.54) is 0 Å². The average Bonchev–Trinajstić information content (AvgIpc) is 2.35. The first kappa shape index (κ1) is 14.1.